The van der Waals surface area contributed by atoms with Crippen molar-refractivity contribution in [2.45, 2.75) is 45.7 Å². The molecule has 0 aliphatic carbocycles. The van der Waals surface area contributed by atoms with Crippen molar-refractivity contribution in [2.75, 3.05) is 0 Å². The summed E-state index contributed by atoms with van der Waals surface area (Å²) in [4.78, 5) is 51.5. The van der Waals surface area contributed by atoms with Crippen molar-refractivity contribution < 1.29 is 28.3 Å². The van der Waals surface area contributed by atoms with E-state index in [4.69, 9.17) is 4.74 Å². The number of nitrogens with zero attached hydrogens (tertiary/aromatic N) is 4. The lowest BCUT2D eigenvalue weighted by atomic mass is 9.97. The summed E-state index contributed by atoms with van der Waals surface area (Å²) in [5.74, 6) is -1.01. The zero-order valence-corrected chi connectivity index (χ0v) is 25.8. The normalized spacial score (nSPS) is 21.9. The minimum Gasteiger partial charge on any atom is -0.459 e. The van der Waals surface area contributed by atoms with Crippen LogP contribution in [0.4, 0.5) is 5.69 Å². The molecule has 3 heterocycles. The Bertz CT molecular complexity index is 1740. The molecule has 12 nitrogen and oxygen atoms in total. The fourth-order valence-electron chi connectivity index (χ4n) is 5.28. The molecule has 4 aromatic rings. The molecule has 1 N–H and O–H groups in total. The van der Waals surface area contributed by atoms with Crippen LogP contribution < -0.4 is 5.32 Å². The molecule has 2 aliphatic rings. The number of ether oxygens (including phenoxy) is 1. The van der Waals surface area contributed by atoms with E-state index in [1.807, 2.05) is 30.3 Å². The quantitative estimate of drug-likeness (QED) is 0.0826. The maximum Gasteiger partial charge on any atom is 0.330 e. The van der Waals surface area contributed by atoms with Crippen LogP contribution in [0.1, 0.15) is 27.5 Å². The number of nitro groups is 1. The molecule has 45 heavy (non-hydrogen) atoms. The first kappa shape index (κ1) is 30.6. The van der Waals surface area contributed by atoms with Gasteiger partial charge in [0.05, 0.1) is 33.6 Å². The van der Waals surface area contributed by atoms with E-state index in [-0.39, 0.29) is 18.7 Å². The predicted octanol–water partition coefficient (Wildman–Crippen LogP) is 3.55. The van der Waals surface area contributed by atoms with E-state index >= 15 is 0 Å². The first-order valence-corrected chi connectivity index (χ1v) is 16.8. The Morgan fingerprint density at radius 1 is 1.02 bits per heavy atom. The lowest BCUT2D eigenvalue weighted by molar-refractivity contribution is -0.384. The zero-order valence-electron chi connectivity index (χ0n) is 23.4. The number of thioether (sulfide) groups is 1. The number of carbonyl (C=O) groups excluding carboxylic acids is 3. The maximum absolute atomic E-state index is 14.0. The second-order valence-electron chi connectivity index (χ2n) is 10.3. The average molecular weight is 664 g/mol. The molecular formula is C30H25N5O7S3. The van der Waals surface area contributed by atoms with Crippen LogP contribution in [0.15, 0.2) is 89.3 Å². The topological polar surface area (TPSA) is 162 Å². The number of non-ortho nitro benzene ring substituents is 1. The van der Waals surface area contributed by atoms with Gasteiger partial charge in [-0.15, -0.1) is 16.9 Å². The first-order valence-electron chi connectivity index (χ1n) is 13.7. The van der Waals surface area contributed by atoms with Gasteiger partial charge >= 0.3 is 5.97 Å². The number of hydrogen-bond donors (Lipinski definition) is 1. The summed E-state index contributed by atoms with van der Waals surface area (Å²) in [5.41, 5.74) is 2.76. The van der Waals surface area contributed by atoms with E-state index in [2.05, 4.69) is 14.9 Å². The standard InChI is InChI=1S/C30H25N5O7S3/c36-23(14-18-4-2-1-3-5-18)32-25-28(37)34-26(30(38)42-16-19-8-12-22(13-9-19)35(39)40)27(45(41)29(25)34)21-10-6-20(7-11-21)17-43-24-15-31-33-44-24/h1-13,15,25-27,29H,14,16-17H2,(H,32,36)/t25-,26-,27+,29-,45?/m1/s1. The summed E-state index contributed by atoms with van der Waals surface area (Å²) in [6, 6.07) is 19.7. The van der Waals surface area contributed by atoms with Crippen molar-refractivity contribution in [3.8, 4) is 0 Å². The van der Waals surface area contributed by atoms with E-state index in [0.717, 1.165) is 15.3 Å². The van der Waals surface area contributed by atoms with Crippen molar-refractivity contribution in [3.05, 3.63) is 117 Å². The fraction of sp³-hybridized carbons (Fsp3) is 0.233. The van der Waals surface area contributed by atoms with E-state index in [1.165, 1.54) is 40.7 Å². The van der Waals surface area contributed by atoms with Gasteiger partial charge in [-0.2, -0.15) is 0 Å². The van der Waals surface area contributed by atoms with Crippen LogP contribution in [-0.2, 0) is 48.7 Å². The van der Waals surface area contributed by atoms with Gasteiger partial charge in [0.25, 0.3) is 5.69 Å². The molecular weight excluding hydrogens is 639 g/mol. The second kappa shape index (κ2) is 13.3. The zero-order chi connectivity index (χ0) is 31.5. The highest BCUT2D eigenvalue weighted by atomic mass is 32.2. The highest BCUT2D eigenvalue weighted by Crippen LogP contribution is 2.45. The van der Waals surface area contributed by atoms with Crippen LogP contribution in [-0.4, -0.2) is 58.9 Å². The molecule has 0 spiro atoms. The van der Waals surface area contributed by atoms with E-state index in [1.54, 1.807) is 42.2 Å². The van der Waals surface area contributed by atoms with Gasteiger partial charge in [-0.05, 0) is 45.9 Å². The molecule has 2 fully saturated rings. The Morgan fingerprint density at radius 3 is 2.40 bits per heavy atom. The molecule has 2 saturated heterocycles. The number of β-lactam (4-membered cyclic amide) rings is 1. The van der Waals surface area contributed by atoms with Gasteiger partial charge in [0.2, 0.25) is 11.8 Å². The van der Waals surface area contributed by atoms with Crippen LogP contribution in [0.2, 0.25) is 0 Å². The number of benzene rings is 3. The third-order valence-electron chi connectivity index (χ3n) is 7.48. The SMILES string of the molecule is O=C(Cc1ccccc1)N[C@@H]1C(=O)N2[C@@H]1S(=O)[C@@H](c1ccc(CSc3cnns3)cc1)[C@@H]2C(=O)OCc1ccc([N+](=O)[O-])cc1. The first-order chi connectivity index (χ1) is 21.8. The van der Waals surface area contributed by atoms with Crippen molar-refractivity contribution in [2.24, 2.45) is 0 Å². The third-order valence-corrected chi connectivity index (χ3v) is 11.4. The van der Waals surface area contributed by atoms with Crippen LogP contribution in [0.25, 0.3) is 0 Å². The van der Waals surface area contributed by atoms with Crippen LogP contribution >= 0.6 is 23.3 Å². The Kier molecular flexibility index (Phi) is 9.00. The number of esters is 1. The predicted molar refractivity (Wildman–Crippen MR) is 166 cm³/mol. The van der Waals surface area contributed by atoms with Gasteiger partial charge in [0.15, 0.2) is 0 Å². The number of carbonyl (C=O) groups is 3. The second-order valence-corrected chi connectivity index (χ2v) is 14.0. The summed E-state index contributed by atoms with van der Waals surface area (Å²) in [7, 11) is -1.76. The van der Waals surface area contributed by atoms with Gasteiger partial charge in [-0.25, -0.2) is 4.79 Å². The molecule has 1 aromatic heterocycles. The summed E-state index contributed by atoms with van der Waals surface area (Å²) in [6.07, 6.45) is 1.74. The van der Waals surface area contributed by atoms with E-state index in [0.29, 0.717) is 16.9 Å². The summed E-state index contributed by atoms with van der Waals surface area (Å²) in [5, 5.41) is 15.7. The number of amides is 2. The van der Waals surface area contributed by atoms with Crippen molar-refractivity contribution in [1.82, 2.24) is 19.8 Å². The largest absolute Gasteiger partial charge is 0.459 e. The molecule has 1 unspecified atom stereocenters. The molecule has 2 aliphatic heterocycles. The average Bonchev–Trinajstić information content (AvgIpc) is 3.67. The number of rotatable bonds is 11. The Balaban J connectivity index is 1.21. The molecule has 5 atom stereocenters. The van der Waals surface area contributed by atoms with Crippen LogP contribution in [0.5, 0.6) is 0 Å². The van der Waals surface area contributed by atoms with E-state index < -0.39 is 56.2 Å². The molecule has 0 saturated carbocycles. The van der Waals surface area contributed by atoms with Gasteiger partial charge in [0.1, 0.15) is 28.3 Å². The number of nitrogens with one attached hydrogen (secondary N) is 1. The fourth-order valence-corrected chi connectivity index (χ4v) is 8.79. The lowest BCUT2D eigenvalue weighted by Gasteiger charge is -2.43. The molecule has 2 amide bonds. The van der Waals surface area contributed by atoms with Crippen molar-refractivity contribution in [1.29, 1.82) is 0 Å². The molecule has 3 aromatic carbocycles. The Hall–Kier alpha value is -4.47. The highest BCUT2D eigenvalue weighted by molar-refractivity contribution is 8.00. The van der Waals surface area contributed by atoms with Gasteiger partial charge < -0.3 is 15.0 Å². The maximum atomic E-state index is 14.0. The van der Waals surface area contributed by atoms with Crippen LogP contribution in [0, 0.1) is 10.1 Å². The van der Waals surface area contributed by atoms with Gasteiger partial charge in [-0.3, -0.25) is 23.9 Å². The smallest absolute Gasteiger partial charge is 0.330 e. The number of hydrogen-bond acceptors (Lipinski definition) is 11. The van der Waals surface area contributed by atoms with Gasteiger partial charge in [-0.1, -0.05) is 59.1 Å². The Morgan fingerprint density at radius 2 is 1.73 bits per heavy atom. The summed E-state index contributed by atoms with van der Waals surface area (Å²) >= 11 is 2.88. The third kappa shape index (κ3) is 6.50. The summed E-state index contributed by atoms with van der Waals surface area (Å²) in [6.45, 7) is -0.195. The van der Waals surface area contributed by atoms with E-state index in [9.17, 15) is 28.7 Å². The molecule has 0 radical (unpaired) electrons. The summed E-state index contributed by atoms with van der Waals surface area (Å²) < 4.78 is 24.4. The lowest BCUT2D eigenvalue weighted by Crippen LogP contribution is -2.71. The number of aromatic nitrogens is 2. The van der Waals surface area contributed by atoms with Gasteiger partial charge in [0, 0.05) is 17.9 Å². The highest BCUT2D eigenvalue weighted by Gasteiger charge is 2.65. The molecule has 0 bridgehead atoms. The molecule has 230 valence electrons. The number of nitro benzene ring substituents is 1. The van der Waals surface area contributed by atoms with Crippen LogP contribution in [0.3, 0.4) is 0 Å². The Labute approximate surface area is 267 Å². The minimum atomic E-state index is -1.76. The molecule has 6 rings (SSSR count). The number of fused-ring (bicyclic) bond motifs is 1. The monoisotopic (exact) mass is 663 g/mol. The van der Waals surface area contributed by atoms with Crippen molar-refractivity contribution >= 4 is 57.6 Å². The van der Waals surface area contributed by atoms with Crippen molar-refractivity contribution in [3.63, 3.8) is 0 Å². The molecule has 15 heteroatoms. The minimum absolute atomic E-state index is 0.0468.